The van der Waals surface area contributed by atoms with Gasteiger partial charge in [-0.15, -0.1) is 0 Å². The molecule has 2 heterocycles. The van der Waals surface area contributed by atoms with Gasteiger partial charge in [0, 0.05) is 35.8 Å². The van der Waals surface area contributed by atoms with Crippen molar-refractivity contribution in [2.24, 2.45) is 7.05 Å². The molecule has 0 aliphatic rings. The smallest absolute Gasteiger partial charge is 0.338 e. The number of pyridine rings is 1. The molecule has 0 spiro atoms. The van der Waals surface area contributed by atoms with Crippen LogP contribution in [0.25, 0.3) is 22.2 Å². The van der Waals surface area contributed by atoms with Crippen molar-refractivity contribution in [3.05, 3.63) is 90.3 Å². The van der Waals surface area contributed by atoms with Crippen molar-refractivity contribution >= 4 is 16.9 Å². The minimum absolute atomic E-state index is 0.150. The number of benzene rings is 2. The molecular weight excluding hydrogens is 360 g/mol. The van der Waals surface area contributed by atoms with E-state index in [1.807, 2.05) is 63.4 Å². The van der Waals surface area contributed by atoms with Gasteiger partial charge in [-0.2, -0.15) is 4.57 Å². The van der Waals surface area contributed by atoms with Crippen LogP contribution in [0.5, 0.6) is 0 Å². The summed E-state index contributed by atoms with van der Waals surface area (Å²) in [4.78, 5) is 12.6. The molecule has 0 aliphatic heterocycles. The molecule has 4 heteroatoms. The molecule has 0 unspecified atom stereocenters. The molecule has 0 aliphatic carbocycles. The molecule has 0 N–H and O–H groups in total. The number of aryl methyl sites for hydroxylation is 1. The van der Waals surface area contributed by atoms with Crippen LogP contribution in [0.2, 0.25) is 0 Å². The summed E-state index contributed by atoms with van der Waals surface area (Å²) in [7, 11) is 2.04. The van der Waals surface area contributed by atoms with E-state index in [9.17, 15) is 4.79 Å². The predicted molar refractivity (Wildman–Crippen MR) is 115 cm³/mol. The van der Waals surface area contributed by atoms with Gasteiger partial charge in [0.15, 0.2) is 12.7 Å². The SMILES string of the molecule is CC(C)OC(=O)c1ccccc1C[n+]1cc2c(ccn2C)cc1-c1ccccc1. The molecule has 0 atom stereocenters. The zero-order valence-electron chi connectivity index (χ0n) is 17.0. The van der Waals surface area contributed by atoms with Crippen molar-refractivity contribution in [2.75, 3.05) is 0 Å². The molecule has 0 fully saturated rings. The minimum Gasteiger partial charge on any atom is -0.459 e. The first-order valence-corrected chi connectivity index (χ1v) is 9.86. The molecule has 29 heavy (non-hydrogen) atoms. The highest BCUT2D eigenvalue weighted by Crippen LogP contribution is 2.22. The minimum atomic E-state index is -0.280. The Hall–Kier alpha value is -3.40. The van der Waals surface area contributed by atoms with Gasteiger partial charge in [0.2, 0.25) is 5.69 Å². The van der Waals surface area contributed by atoms with E-state index >= 15 is 0 Å². The fourth-order valence-corrected chi connectivity index (χ4v) is 3.60. The van der Waals surface area contributed by atoms with Gasteiger partial charge in [-0.1, -0.05) is 36.4 Å². The summed E-state index contributed by atoms with van der Waals surface area (Å²) in [6, 6.07) is 22.3. The van der Waals surface area contributed by atoms with Crippen molar-refractivity contribution < 1.29 is 14.1 Å². The molecule has 0 saturated carbocycles. The van der Waals surface area contributed by atoms with Gasteiger partial charge >= 0.3 is 5.97 Å². The zero-order chi connectivity index (χ0) is 20.4. The van der Waals surface area contributed by atoms with E-state index in [4.69, 9.17) is 4.74 Å². The number of fused-ring (bicyclic) bond motifs is 1. The largest absolute Gasteiger partial charge is 0.459 e. The van der Waals surface area contributed by atoms with Crippen LogP contribution in [0.3, 0.4) is 0 Å². The first-order chi connectivity index (χ1) is 14.0. The molecule has 4 rings (SSSR count). The Labute approximate surface area is 171 Å². The summed E-state index contributed by atoms with van der Waals surface area (Å²) in [5, 5.41) is 1.19. The van der Waals surface area contributed by atoms with E-state index in [1.165, 1.54) is 5.39 Å². The monoisotopic (exact) mass is 385 g/mol. The lowest BCUT2D eigenvalue weighted by atomic mass is 10.1. The Morgan fingerprint density at radius 3 is 2.52 bits per heavy atom. The highest BCUT2D eigenvalue weighted by atomic mass is 16.5. The molecule has 2 aromatic carbocycles. The number of nitrogens with zero attached hydrogens (tertiary/aromatic N) is 2. The van der Waals surface area contributed by atoms with Crippen LogP contribution in [0.4, 0.5) is 0 Å². The quantitative estimate of drug-likeness (QED) is 0.367. The van der Waals surface area contributed by atoms with Crippen molar-refractivity contribution in [1.82, 2.24) is 4.57 Å². The Bertz CT molecular complexity index is 1160. The van der Waals surface area contributed by atoms with E-state index in [2.05, 4.69) is 45.8 Å². The second-order valence-electron chi connectivity index (χ2n) is 7.53. The Morgan fingerprint density at radius 1 is 1.03 bits per heavy atom. The van der Waals surface area contributed by atoms with Crippen molar-refractivity contribution in [1.29, 1.82) is 0 Å². The summed E-state index contributed by atoms with van der Waals surface area (Å²) >= 11 is 0. The number of aromatic nitrogens is 2. The van der Waals surface area contributed by atoms with E-state index in [0.29, 0.717) is 12.1 Å². The third-order valence-electron chi connectivity index (χ3n) is 5.02. The summed E-state index contributed by atoms with van der Waals surface area (Å²) in [5.41, 5.74) is 4.94. The summed E-state index contributed by atoms with van der Waals surface area (Å²) < 4.78 is 9.77. The van der Waals surface area contributed by atoms with Crippen LogP contribution in [0.1, 0.15) is 29.8 Å². The van der Waals surface area contributed by atoms with E-state index < -0.39 is 0 Å². The normalized spacial score (nSPS) is 11.2. The van der Waals surface area contributed by atoms with Gasteiger partial charge < -0.3 is 9.30 Å². The number of rotatable bonds is 5. The lowest BCUT2D eigenvalue weighted by Gasteiger charge is -2.11. The maximum absolute atomic E-state index is 12.6. The summed E-state index contributed by atoms with van der Waals surface area (Å²) in [6.07, 6.45) is 4.07. The van der Waals surface area contributed by atoms with E-state index in [0.717, 1.165) is 22.3 Å². The molecule has 0 saturated heterocycles. The van der Waals surface area contributed by atoms with Crippen molar-refractivity contribution in [2.45, 2.75) is 26.5 Å². The third-order valence-corrected chi connectivity index (χ3v) is 5.02. The molecule has 0 amide bonds. The van der Waals surface area contributed by atoms with Crippen LogP contribution in [0, 0.1) is 0 Å². The van der Waals surface area contributed by atoms with Gasteiger partial charge in [-0.25, -0.2) is 4.79 Å². The number of hydrogen-bond donors (Lipinski definition) is 0. The lowest BCUT2D eigenvalue weighted by molar-refractivity contribution is -0.676. The number of hydrogen-bond acceptors (Lipinski definition) is 2. The van der Waals surface area contributed by atoms with Crippen LogP contribution in [-0.2, 0) is 18.3 Å². The molecule has 4 aromatic rings. The highest BCUT2D eigenvalue weighted by molar-refractivity contribution is 5.91. The van der Waals surface area contributed by atoms with Crippen molar-refractivity contribution in [3.63, 3.8) is 0 Å². The molecule has 2 aromatic heterocycles. The van der Waals surface area contributed by atoms with E-state index in [-0.39, 0.29) is 12.1 Å². The van der Waals surface area contributed by atoms with Crippen LogP contribution in [0.15, 0.2) is 79.1 Å². The standard InChI is InChI=1S/C25H25N2O2/c1-18(2)29-25(28)22-12-8-7-11-21(22)16-27-17-24-20(13-14-26(24)3)15-23(27)19-9-5-4-6-10-19/h4-15,17-18H,16H2,1-3H3/q+1. The van der Waals surface area contributed by atoms with Gasteiger partial charge in [0.05, 0.1) is 11.7 Å². The Kier molecular flexibility index (Phi) is 5.17. The van der Waals surface area contributed by atoms with E-state index in [1.54, 1.807) is 0 Å². The van der Waals surface area contributed by atoms with Crippen LogP contribution >= 0.6 is 0 Å². The predicted octanol–water partition coefficient (Wildman–Crippen LogP) is 4.75. The maximum atomic E-state index is 12.6. The molecular formula is C25H25N2O2+. The second-order valence-corrected chi connectivity index (χ2v) is 7.53. The fourth-order valence-electron chi connectivity index (χ4n) is 3.60. The average Bonchev–Trinajstić information content (AvgIpc) is 3.08. The fraction of sp³-hybridized carbons (Fsp3) is 0.200. The van der Waals surface area contributed by atoms with Gasteiger partial charge in [0.1, 0.15) is 5.52 Å². The average molecular weight is 385 g/mol. The molecule has 146 valence electrons. The number of esters is 1. The van der Waals surface area contributed by atoms with Gasteiger partial charge in [-0.3, -0.25) is 0 Å². The van der Waals surface area contributed by atoms with Crippen molar-refractivity contribution in [3.8, 4) is 11.3 Å². The van der Waals surface area contributed by atoms with Crippen LogP contribution < -0.4 is 4.57 Å². The number of carbonyl (C=O) groups excluding carboxylic acids is 1. The van der Waals surface area contributed by atoms with Gasteiger partial charge in [-0.05, 0) is 38.1 Å². The lowest BCUT2D eigenvalue weighted by Crippen LogP contribution is -2.37. The summed E-state index contributed by atoms with van der Waals surface area (Å²) in [6.45, 7) is 4.31. The first-order valence-electron chi connectivity index (χ1n) is 9.86. The van der Waals surface area contributed by atoms with Gasteiger partial charge in [0.25, 0.3) is 0 Å². The Balaban J connectivity index is 1.82. The number of ether oxygens (including phenoxy) is 1. The highest BCUT2D eigenvalue weighted by Gasteiger charge is 2.21. The molecule has 0 bridgehead atoms. The zero-order valence-corrected chi connectivity index (χ0v) is 17.0. The third kappa shape index (κ3) is 3.92. The molecule has 0 radical (unpaired) electrons. The topological polar surface area (TPSA) is 35.1 Å². The number of carbonyl (C=O) groups is 1. The second kappa shape index (κ2) is 7.92. The summed E-state index contributed by atoms with van der Waals surface area (Å²) in [5.74, 6) is -0.280. The Morgan fingerprint density at radius 2 is 1.76 bits per heavy atom. The van der Waals surface area contributed by atoms with Crippen LogP contribution in [-0.4, -0.2) is 16.6 Å². The molecule has 4 nitrogen and oxygen atoms in total. The first kappa shape index (κ1) is 18.9. The maximum Gasteiger partial charge on any atom is 0.338 e.